The first-order valence-electron chi connectivity index (χ1n) is 4.40. The standard InChI is InChI=1S/C6H6O12S3/c7-19(8,9)16-4-1-2-5(17-20(10,11)12)6(3-4)18-21(13,14)15/h1-3H,(H,7,8,9)(H,10,11,12)(H,13,14,15). The Balaban J connectivity index is 3.32. The Morgan fingerprint density at radius 3 is 1.52 bits per heavy atom. The van der Waals surface area contributed by atoms with Gasteiger partial charge in [0.15, 0.2) is 11.5 Å². The minimum absolute atomic E-state index is 0.446. The predicted octanol–water partition coefficient (Wildman–Crippen LogP) is -0.769. The fourth-order valence-electron chi connectivity index (χ4n) is 1.02. The summed E-state index contributed by atoms with van der Waals surface area (Å²) in [6, 6.07) is 1.79. The largest absolute Gasteiger partial charge is 0.446 e. The second-order valence-corrected chi connectivity index (χ2v) is 6.21. The van der Waals surface area contributed by atoms with Crippen molar-refractivity contribution in [2.45, 2.75) is 0 Å². The lowest BCUT2D eigenvalue weighted by molar-refractivity contribution is 0.359. The topological polar surface area (TPSA) is 191 Å². The van der Waals surface area contributed by atoms with Crippen LogP contribution in [0.1, 0.15) is 0 Å². The molecule has 0 saturated heterocycles. The van der Waals surface area contributed by atoms with Crippen molar-refractivity contribution in [1.82, 2.24) is 0 Å². The van der Waals surface area contributed by atoms with Gasteiger partial charge in [-0.1, -0.05) is 0 Å². The third-order valence-corrected chi connectivity index (χ3v) is 2.69. The Kier molecular flexibility index (Phi) is 4.66. The van der Waals surface area contributed by atoms with E-state index in [4.69, 9.17) is 13.7 Å². The SMILES string of the molecule is O=S(=O)(O)Oc1ccc(OS(=O)(=O)O)c(OS(=O)(=O)O)c1. The molecule has 21 heavy (non-hydrogen) atoms. The number of hydrogen-bond acceptors (Lipinski definition) is 9. The van der Waals surface area contributed by atoms with Gasteiger partial charge in [0.05, 0.1) is 0 Å². The summed E-state index contributed by atoms with van der Waals surface area (Å²) >= 11 is 0. The van der Waals surface area contributed by atoms with Gasteiger partial charge in [0, 0.05) is 6.07 Å². The van der Waals surface area contributed by atoms with E-state index in [0.29, 0.717) is 12.1 Å². The van der Waals surface area contributed by atoms with Crippen molar-refractivity contribution in [2.24, 2.45) is 0 Å². The monoisotopic (exact) mass is 366 g/mol. The summed E-state index contributed by atoms with van der Waals surface area (Å²) in [4.78, 5) is 0. The summed E-state index contributed by atoms with van der Waals surface area (Å²) in [5.74, 6) is -2.67. The summed E-state index contributed by atoms with van der Waals surface area (Å²) < 4.78 is 100. The normalized spacial score (nSPS) is 12.7. The van der Waals surface area contributed by atoms with Crippen molar-refractivity contribution in [2.75, 3.05) is 0 Å². The fraction of sp³-hybridized carbons (Fsp3) is 0. The highest BCUT2D eigenvalue weighted by molar-refractivity contribution is 7.81. The van der Waals surface area contributed by atoms with Gasteiger partial charge in [-0.3, -0.25) is 13.7 Å². The molecule has 0 aliphatic rings. The molecule has 3 N–H and O–H groups in total. The molecular formula is C6H6O12S3. The molecule has 12 nitrogen and oxygen atoms in total. The van der Waals surface area contributed by atoms with Crippen LogP contribution in [0.2, 0.25) is 0 Å². The van der Waals surface area contributed by atoms with Gasteiger partial charge in [0.2, 0.25) is 0 Å². The Morgan fingerprint density at radius 2 is 1.10 bits per heavy atom. The summed E-state index contributed by atoms with van der Waals surface area (Å²) in [6.07, 6.45) is 0. The van der Waals surface area contributed by atoms with Crippen LogP contribution >= 0.6 is 0 Å². The molecule has 0 saturated carbocycles. The van der Waals surface area contributed by atoms with E-state index < -0.39 is 48.4 Å². The van der Waals surface area contributed by atoms with Gasteiger partial charge >= 0.3 is 31.2 Å². The highest BCUT2D eigenvalue weighted by Gasteiger charge is 2.20. The smallest absolute Gasteiger partial charge is 0.362 e. The third-order valence-electron chi connectivity index (χ3n) is 1.51. The predicted molar refractivity (Wildman–Crippen MR) is 63.0 cm³/mol. The van der Waals surface area contributed by atoms with E-state index in [1.807, 2.05) is 0 Å². The summed E-state index contributed by atoms with van der Waals surface area (Å²) in [5.41, 5.74) is 0. The Bertz CT molecular complexity index is 833. The van der Waals surface area contributed by atoms with E-state index in [2.05, 4.69) is 12.5 Å². The molecule has 0 atom stereocenters. The molecule has 0 spiro atoms. The van der Waals surface area contributed by atoms with E-state index in [1.54, 1.807) is 0 Å². The number of benzene rings is 1. The number of hydrogen-bond donors (Lipinski definition) is 3. The van der Waals surface area contributed by atoms with Crippen molar-refractivity contribution in [3.8, 4) is 17.2 Å². The maximum atomic E-state index is 10.6. The van der Waals surface area contributed by atoms with E-state index in [1.165, 1.54) is 0 Å². The van der Waals surface area contributed by atoms with Crippen LogP contribution in [0.3, 0.4) is 0 Å². The van der Waals surface area contributed by atoms with Gasteiger partial charge in [-0.05, 0) is 12.1 Å². The minimum Gasteiger partial charge on any atom is -0.362 e. The van der Waals surface area contributed by atoms with Crippen molar-refractivity contribution < 1.29 is 51.5 Å². The number of rotatable bonds is 6. The first kappa shape index (κ1) is 17.4. The maximum absolute atomic E-state index is 10.6. The molecule has 0 bridgehead atoms. The molecule has 0 aliphatic carbocycles. The molecule has 1 rings (SSSR count). The Hall–Kier alpha value is -1.65. The van der Waals surface area contributed by atoms with Gasteiger partial charge in [-0.2, -0.15) is 25.3 Å². The molecule has 15 heteroatoms. The lowest BCUT2D eigenvalue weighted by Gasteiger charge is -2.09. The minimum atomic E-state index is -5.14. The van der Waals surface area contributed by atoms with Crippen molar-refractivity contribution in [3.63, 3.8) is 0 Å². The van der Waals surface area contributed by atoms with E-state index in [0.717, 1.165) is 6.07 Å². The van der Waals surface area contributed by atoms with E-state index in [9.17, 15) is 25.3 Å². The molecule has 120 valence electrons. The van der Waals surface area contributed by atoms with Gasteiger partial charge in [0.25, 0.3) is 0 Å². The molecule has 0 unspecified atom stereocenters. The van der Waals surface area contributed by atoms with Crippen LogP contribution in [-0.2, 0) is 31.2 Å². The van der Waals surface area contributed by atoms with Crippen LogP contribution in [0, 0.1) is 0 Å². The van der Waals surface area contributed by atoms with Crippen molar-refractivity contribution in [3.05, 3.63) is 18.2 Å². The zero-order valence-corrected chi connectivity index (χ0v) is 11.9. The van der Waals surface area contributed by atoms with Crippen LogP contribution in [0.25, 0.3) is 0 Å². The molecule has 1 aromatic carbocycles. The summed E-state index contributed by atoms with van der Waals surface area (Å²) in [5, 5.41) is 0. The average molecular weight is 366 g/mol. The summed E-state index contributed by atoms with van der Waals surface area (Å²) in [7, 11) is -15.2. The second kappa shape index (κ2) is 5.62. The first-order chi connectivity index (χ1) is 9.25. The molecule has 0 heterocycles. The fourth-order valence-corrected chi connectivity index (χ4v) is 2.09. The van der Waals surface area contributed by atoms with E-state index >= 15 is 0 Å². The molecule has 0 fully saturated rings. The first-order valence-corrected chi connectivity index (χ1v) is 8.49. The van der Waals surface area contributed by atoms with Crippen molar-refractivity contribution >= 4 is 31.2 Å². The van der Waals surface area contributed by atoms with Gasteiger partial charge in [0.1, 0.15) is 5.75 Å². The van der Waals surface area contributed by atoms with Crippen molar-refractivity contribution in [1.29, 1.82) is 0 Å². The Labute approximate surface area is 118 Å². The van der Waals surface area contributed by atoms with Crippen LogP contribution in [0.5, 0.6) is 17.2 Å². The average Bonchev–Trinajstić information content (AvgIpc) is 2.15. The summed E-state index contributed by atoms with van der Waals surface area (Å²) in [6.45, 7) is 0. The van der Waals surface area contributed by atoms with Gasteiger partial charge in [-0.15, -0.1) is 0 Å². The van der Waals surface area contributed by atoms with Crippen LogP contribution in [0.15, 0.2) is 18.2 Å². The Morgan fingerprint density at radius 1 is 0.667 bits per heavy atom. The molecule has 0 aromatic heterocycles. The zero-order valence-electron chi connectivity index (χ0n) is 9.47. The van der Waals surface area contributed by atoms with Crippen LogP contribution < -0.4 is 12.5 Å². The zero-order chi connectivity index (χ0) is 16.5. The van der Waals surface area contributed by atoms with Gasteiger partial charge in [-0.25, -0.2) is 0 Å². The highest BCUT2D eigenvalue weighted by Crippen LogP contribution is 2.33. The van der Waals surface area contributed by atoms with Crippen LogP contribution in [0.4, 0.5) is 0 Å². The quantitative estimate of drug-likeness (QED) is 0.533. The molecule has 0 aliphatic heterocycles. The van der Waals surface area contributed by atoms with E-state index in [-0.39, 0.29) is 0 Å². The maximum Gasteiger partial charge on any atom is 0.446 e. The molecule has 0 radical (unpaired) electrons. The second-order valence-electron chi connectivity index (χ2n) is 3.14. The highest BCUT2D eigenvalue weighted by atomic mass is 32.3. The lowest BCUT2D eigenvalue weighted by atomic mass is 10.3. The molecular weight excluding hydrogens is 360 g/mol. The van der Waals surface area contributed by atoms with Crippen LogP contribution in [-0.4, -0.2) is 38.9 Å². The molecule has 0 amide bonds. The van der Waals surface area contributed by atoms with Gasteiger partial charge < -0.3 is 12.5 Å². The third kappa shape index (κ3) is 7.06. The molecule has 1 aromatic rings. The lowest BCUT2D eigenvalue weighted by Crippen LogP contribution is -2.12.